The van der Waals surface area contributed by atoms with Gasteiger partial charge in [-0.2, -0.15) is 0 Å². The lowest BCUT2D eigenvalue weighted by Crippen LogP contribution is -2.48. The van der Waals surface area contributed by atoms with Crippen molar-refractivity contribution in [2.24, 2.45) is 11.8 Å². The molecule has 39 heavy (non-hydrogen) atoms. The Kier molecular flexibility index (Phi) is 10.3. The first kappa shape index (κ1) is 28.6. The highest BCUT2D eigenvalue weighted by atomic mass is 16.5. The smallest absolute Gasteiger partial charge is 0.309 e. The van der Waals surface area contributed by atoms with Gasteiger partial charge in [0, 0.05) is 13.0 Å². The van der Waals surface area contributed by atoms with Crippen molar-refractivity contribution >= 4 is 17.8 Å². The predicted molar refractivity (Wildman–Crippen MR) is 149 cm³/mol. The summed E-state index contributed by atoms with van der Waals surface area (Å²) in [5.74, 6) is -1.38. The zero-order valence-electron chi connectivity index (χ0n) is 22.8. The molecule has 2 aliphatic rings. The molecule has 2 amide bonds. The van der Waals surface area contributed by atoms with Gasteiger partial charge >= 0.3 is 5.97 Å². The molecule has 0 saturated carbocycles. The summed E-state index contributed by atoms with van der Waals surface area (Å²) in [6.45, 7) is 2.20. The number of allylic oxidation sites excluding steroid dienone is 2. The number of nitrogens with one attached hydrogen (secondary N) is 1. The number of hydrogen-bond acceptors (Lipinski definition) is 5. The predicted octanol–water partition coefficient (Wildman–Crippen LogP) is 3.98. The molecule has 7 nitrogen and oxygen atoms in total. The first-order chi connectivity index (χ1) is 18.9. The Balaban J connectivity index is 1.41. The number of rotatable bonds is 5. The van der Waals surface area contributed by atoms with Crippen LogP contribution in [0.5, 0.6) is 0 Å². The molecular formula is C32H40N2O5. The van der Waals surface area contributed by atoms with Crippen molar-refractivity contribution in [3.63, 3.8) is 0 Å². The second-order valence-electron chi connectivity index (χ2n) is 10.8. The maximum Gasteiger partial charge on any atom is 0.309 e. The van der Waals surface area contributed by atoms with Gasteiger partial charge in [0.2, 0.25) is 11.8 Å². The molecule has 0 spiro atoms. The van der Waals surface area contributed by atoms with Gasteiger partial charge in [-0.05, 0) is 62.1 Å². The van der Waals surface area contributed by atoms with Crippen LogP contribution in [0.15, 0.2) is 66.7 Å². The van der Waals surface area contributed by atoms with Crippen LogP contribution in [0.4, 0.5) is 0 Å². The third kappa shape index (κ3) is 8.02. The minimum absolute atomic E-state index is 0.0560. The third-order valence-corrected chi connectivity index (χ3v) is 7.71. The first-order valence-corrected chi connectivity index (χ1v) is 14.1. The Bertz CT molecular complexity index is 1150. The fourth-order valence-electron chi connectivity index (χ4n) is 5.44. The van der Waals surface area contributed by atoms with E-state index in [0.717, 1.165) is 36.0 Å². The van der Waals surface area contributed by atoms with E-state index in [4.69, 9.17) is 4.74 Å². The molecule has 7 heteroatoms. The van der Waals surface area contributed by atoms with E-state index >= 15 is 0 Å². The molecule has 2 heterocycles. The van der Waals surface area contributed by atoms with E-state index in [2.05, 4.69) is 5.32 Å². The zero-order valence-corrected chi connectivity index (χ0v) is 22.8. The van der Waals surface area contributed by atoms with Crippen molar-refractivity contribution in [3.8, 4) is 0 Å². The van der Waals surface area contributed by atoms with Crippen LogP contribution in [0.25, 0.3) is 0 Å². The van der Waals surface area contributed by atoms with Gasteiger partial charge in [0.25, 0.3) is 0 Å². The molecule has 0 fully saturated rings. The van der Waals surface area contributed by atoms with E-state index in [-0.39, 0.29) is 55.4 Å². The van der Waals surface area contributed by atoms with Gasteiger partial charge in [0.15, 0.2) is 0 Å². The molecule has 2 aromatic rings. The Morgan fingerprint density at radius 3 is 2.54 bits per heavy atom. The van der Waals surface area contributed by atoms with Crippen molar-refractivity contribution < 1.29 is 24.2 Å². The second-order valence-corrected chi connectivity index (χ2v) is 10.8. The first-order valence-electron chi connectivity index (χ1n) is 14.1. The van der Waals surface area contributed by atoms with Crippen molar-refractivity contribution in [3.05, 3.63) is 83.4 Å². The molecule has 0 saturated heterocycles. The summed E-state index contributed by atoms with van der Waals surface area (Å²) in [5, 5.41) is 12.9. The summed E-state index contributed by atoms with van der Waals surface area (Å²) >= 11 is 0. The molecule has 4 atom stereocenters. The van der Waals surface area contributed by atoms with Crippen LogP contribution in [0.3, 0.4) is 0 Å². The van der Waals surface area contributed by atoms with Gasteiger partial charge in [-0.15, -0.1) is 0 Å². The number of carbonyl (C=O) groups is 3. The van der Waals surface area contributed by atoms with Crippen molar-refractivity contribution in [1.82, 2.24) is 10.2 Å². The minimum Gasteiger partial charge on any atom is -0.463 e. The monoisotopic (exact) mass is 532 g/mol. The highest BCUT2D eigenvalue weighted by Crippen LogP contribution is 2.26. The van der Waals surface area contributed by atoms with Crippen LogP contribution in [0, 0.1) is 11.8 Å². The lowest BCUT2D eigenvalue weighted by molar-refractivity contribution is -0.150. The lowest BCUT2D eigenvalue weighted by Gasteiger charge is -2.36. The fourth-order valence-corrected chi connectivity index (χ4v) is 5.44. The van der Waals surface area contributed by atoms with Crippen LogP contribution >= 0.6 is 0 Å². The molecule has 0 unspecified atom stereocenters. The number of aliphatic hydroxyl groups excluding tert-OH is 1. The SMILES string of the molecule is C[C@H]1COC(=O)[C@@H](Cc2ccccc2)CCCC=CC[C@H](CC(=O)N2Cc3ccccc3C[C@H]2CO)C(=O)N1. The van der Waals surface area contributed by atoms with E-state index in [1.165, 1.54) is 0 Å². The number of esters is 1. The Hall–Kier alpha value is -3.45. The summed E-state index contributed by atoms with van der Waals surface area (Å²) < 4.78 is 5.63. The third-order valence-electron chi connectivity index (χ3n) is 7.71. The Morgan fingerprint density at radius 1 is 1.03 bits per heavy atom. The number of aliphatic hydroxyl groups is 1. The maximum absolute atomic E-state index is 13.4. The maximum atomic E-state index is 13.4. The highest BCUT2D eigenvalue weighted by Gasteiger charge is 2.32. The van der Waals surface area contributed by atoms with E-state index in [1.54, 1.807) is 11.8 Å². The number of fused-ring (bicyclic) bond motifs is 1. The average Bonchev–Trinajstić information content (AvgIpc) is 2.95. The van der Waals surface area contributed by atoms with Gasteiger partial charge in [0.05, 0.1) is 30.5 Å². The minimum atomic E-state index is -0.544. The van der Waals surface area contributed by atoms with E-state index < -0.39 is 5.92 Å². The molecular weight excluding hydrogens is 492 g/mol. The number of carbonyl (C=O) groups excluding carboxylic acids is 3. The number of hydrogen-bond donors (Lipinski definition) is 2. The number of amides is 2. The zero-order chi connectivity index (χ0) is 27.6. The van der Waals surface area contributed by atoms with Crippen molar-refractivity contribution in [2.45, 2.75) is 70.5 Å². The van der Waals surface area contributed by atoms with E-state index in [0.29, 0.717) is 25.8 Å². The van der Waals surface area contributed by atoms with Crippen LogP contribution in [0.2, 0.25) is 0 Å². The molecule has 0 aliphatic carbocycles. The standard InChI is InChI=1S/C32H40N2O5/c1-23-22-39-32(38)27(17-24-11-5-4-6-12-24)15-8-3-2-7-14-26(31(37)33-23)19-30(36)34-20-28-16-10-9-13-25(28)18-29(34)21-35/h2,4-7,9-13,16,23,26-27,29,35H,3,8,14-15,17-22H2,1H3,(H,33,37)/t23-,26+,27+,29-/m0/s1. The normalized spacial score (nSPS) is 24.7. The molecule has 2 aromatic carbocycles. The van der Waals surface area contributed by atoms with Crippen LogP contribution < -0.4 is 5.32 Å². The van der Waals surface area contributed by atoms with Crippen LogP contribution in [-0.2, 0) is 38.5 Å². The molecule has 2 N–H and O–H groups in total. The summed E-state index contributed by atoms with van der Waals surface area (Å²) in [6.07, 6.45) is 8.09. The number of ether oxygens (including phenoxy) is 1. The number of nitrogens with zero attached hydrogens (tertiary/aromatic N) is 1. The quantitative estimate of drug-likeness (QED) is 0.449. The molecule has 0 bridgehead atoms. The van der Waals surface area contributed by atoms with Crippen LogP contribution in [0.1, 0.15) is 55.7 Å². The van der Waals surface area contributed by atoms with Gasteiger partial charge in [-0.3, -0.25) is 14.4 Å². The van der Waals surface area contributed by atoms with Crippen LogP contribution in [-0.4, -0.2) is 53.1 Å². The van der Waals surface area contributed by atoms with E-state index in [1.807, 2.05) is 66.7 Å². The molecule has 208 valence electrons. The van der Waals surface area contributed by atoms with Gasteiger partial charge in [-0.25, -0.2) is 0 Å². The molecule has 0 aromatic heterocycles. The highest BCUT2D eigenvalue weighted by molar-refractivity contribution is 5.86. The Morgan fingerprint density at radius 2 is 1.77 bits per heavy atom. The second kappa shape index (κ2) is 14.1. The molecule has 4 rings (SSSR count). The molecule has 2 aliphatic heterocycles. The van der Waals surface area contributed by atoms with Crippen molar-refractivity contribution in [2.75, 3.05) is 13.2 Å². The van der Waals surface area contributed by atoms with Crippen molar-refractivity contribution in [1.29, 1.82) is 0 Å². The summed E-state index contributed by atoms with van der Waals surface area (Å²) in [7, 11) is 0. The fraction of sp³-hybridized carbons (Fsp3) is 0.469. The van der Waals surface area contributed by atoms with Gasteiger partial charge < -0.3 is 20.1 Å². The van der Waals surface area contributed by atoms with Gasteiger partial charge in [-0.1, -0.05) is 66.7 Å². The lowest BCUT2D eigenvalue weighted by atomic mass is 9.92. The Labute approximate surface area is 231 Å². The summed E-state index contributed by atoms with van der Waals surface area (Å²) in [6, 6.07) is 17.2. The number of benzene rings is 2. The topological polar surface area (TPSA) is 95.9 Å². The van der Waals surface area contributed by atoms with E-state index in [9.17, 15) is 19.5 Å². The summed E-state index contributed by atoms with van der Waals surface area (Å²) in [4.78, 5) is 41.3. The average molecular weight is 533 g/mol. The molecule has 0 radical (unpaired) electrons. The largest absolute Gasteiger partial charge is 0.463 e. The number of cyclic esters (lactones) is 1. The summed E-state index contributed by atoms with van der Waals surface area (Å²) in [5.41, 5.74) is 3.33. The van der Waals surface area contributed by atoms with Gasteiger partial charge in [0.1, 0.15) is 6.61 Å².